The molecule has 15 heavy (non-hydrogen) atoms. The second kappa shape index (κ2) is 4.28. The van der Waals surface area contributed by atoms with E-state index in [2.05, 4.69) is 25.1 Å². The summed E-state index contributed by atoms with van der Waals surface area (Å²) >= 11 is 6.64. The van der Waals surface area contributed by atoms with E-state index in [1.165, 1.54) is 6.07 Å². The molecule has 1 N–H and O–H groups in total. The smallest absolute Gasteiger partial charge is 0.278 e. The van der Waals surface area contributed by atoms with Crippen molar-refractivity contribution >= 4 is 34.9 Å². The number of hydrogen-bond acceptors (Lipinski definition) is 6. The summed E-state index contributed by atoms with van der Waals surface area (Å²) in [7, 11) is 0. The Morgan fingerprint density at radius 2 is 2.20 bits per heavy atom. The van der Waals surface area contributed by atoms with Crippen molar-refractivity contribution in [3.05, 3.63) is 28.4 Å². The molecule has 2 rings (SSSR count). The van der Waals surface area contributed by atoms with Gasteiger partial charge in [0.1, 0.15) is 0 Å². The van der Waals surface area contributed by atoms with Crippen LogP contribution in [-0.4, -0.2) is 25.7 Å². The Hall–Kier alpha value is -1.60. The van der Waals surface area contributed by atoms with Gasteiger partial charge in [-0.1, -0.05) is 16.1 Å². The van der Waals surface area contributed by atoms with Crippen LogP contribution in [0, 0.1) is 0 Å². The Bertz CT molecular complexity index is 457. The van der Waals surface area contributed by atoms with Gasteiger partial charge in [0.05, 0.1) is 0 Å². The maximum Gasteiger partial charge on any atom is 0.278 e. The highest BCUT2D eigenvalue weighted by molar-refractivity contribution is 7.03. The summed E-state index contributed by atoms with van der Waals surface area (Å²) in [4.78, 5) is 11.5. The van der Waals surface area contributed by atoms with E-state index in [4.69, 9.17) is 11.6 Å². The summed E-state index contributed by atoms with van der Waals surface area (Å²) in [5, 5.41) is 15.2. The molecule has 0 spiro atoms. The maximum atomic E-state index is 11.5. The van der Waals surface area contributed by atoms with E-state index in [0.717, 1.165) is 11.5 Å². The van der Waals surface area contributed by atoms with Gasteiger partial charge in [-0.2, -0.15) is 0 Å². The molecule has 0 fully saturated rings. The van der Waals surface area contributed by atoms with Crippen molar-refractivity contribution in [2.24, 2.45) is 0 Å². The molecule has 0 aliphatic heterocycles. The molecule has 2 heterocycles. The van der Waals surface area contributed by atoms with Gasteiger partial charge in [0.15, 0.2) is 16.7 Å². The first kappa shape index (κ1) is 9.94. The lowest BCUT2D eigenvalue weighted by atomic mass is 10.4. The van der Waals surface area contributed by atoms with Crippen LogP contribution in [0.3, 0.4) is 0 Å². The third-order valence-electron chi connectivity index (χ3n) is 1.47. The predicted molar refractivity (Wildman–Crippen MR) is 54.9 cm³/mol. The Morgan fingerprint density at radius 3 is 2.80 bits per heavy atom. The van der Waals surface area contributed by atoms with Crippen LogP contribution in [0.15, 0.2) is 17.5 Å². The van der Waals surface area contributed by atoms with Crippen molar-refractivity contribution in [3.63, 3.8) is 0 Å². The van der Waals surface area contributed by atoms with Crippen LogP contribution in [0.2, 0.25) is 5.15 Å². The molecule has 0 aliphatic carbocycles. The van der Waals surface area contributed by atoms with Crippen molar-refractivity contribution in [1.29, 1.82) is 0 Å². The number of nitrogens with one attached hydrogen (secondary N) is 1. The van der Waals surface area contributed by atoms with Crippen LogP contribution in [-0.2, 0) is 0 Å². The van der Waals surface area contributed by atoms with E-state index < -0.39 is 0 Å². The lowest BCUT2D eigenvalue weighted by Crippen LogP contribution is -2.13. The van der Waals surface area contributed by atoms with Gasteiger partial charge in [0.25, 0.3) is 5.91 Å². The second-order valence-corrected chi connectivity index (χ2v) is 3.48. The largest absolute Gasteiger partial charge is 0.304 e. The number of carbonyl (C=O) groups excluding carboxylic acids is 1. The molecule has 0 radical (unpaired) electrons. The highest BCUT2D eigenvalue weighted by atomic mass is 35.5. The van der Waals surface area contributed by atoms with Gasteiger partial charge in [-0.25, -0.2) is 0 Å². The zero-order valence-corrected chi connectivity index (χ0v) is 8.79. The first-order valence-corrected chi connectivity index (χ1v) is 5.05. The van der Waals surface area contributed by atoms with Crippen molar-refractivity contribution < 1.29 is 4.79 Å². The van der Waals surface area contributed by atoms with Crippen molar-refractivity contribution in [3.8, 4) is 0 Å². The number of rotatable bonds is 2. The lowest BCUT2D eigenvalue weighted by molar-refractivity contribution is 0.102. The average Bonchev–Trinajstić information content (AvgIpc) is 2.74. The zero-order chi connectivity index (χ0) is 10.7. The number of hydrogen-bond donors (Lipinski definition) is 1. The van der Waals surface area contributed by atoms with Crippen molar-refractivity contribution in [2.75, 3.05) is 5.32 Å². The fourth-order valence-electron chi connectivity index (χ4n) is 0.827. The van der Waals surface area contributed by atoms with Gasteiger partial charge in [0.2, 0.25) is 0 Å². The minimum Gasteiger partial charge on any atom is -0.304 e. The molecule has 0 unspecified atom stereocenters. The topological polar surface area (TPSA) is 80.7 Å². The Balaban J connectivity index is 2.09. The van der Waals surface area contributed by atoms with Crippen LogP contribution in [0.5, 0.6) is 0 Å². The Kier molecular flexibility index (Phi) is 2.84. The number of carbonyl (C=O) groups is 1. The molecule has 0 bridgehead atoms. The van der Waals surface area contributed by atoms with E-state index in [-0.39, 0.29) is 16.8 Å². The third kappa shape index (κ3) is 2.45. The number of anilines is 1. The SMILES string of the molecule is O=C(Nc1ccc(Cl)nn1)c1csnn1. The van der Waals surface area contributed by atoms with Gasteiger partial charge in [0, 0.05) is 5.38 Å². The van der Waals surface area contributed by atoms with E-state index in [9.17, 15) is 4.79 Å². The molecule has 0 aromatic carbocycles. The highest BCUT2D eigenvalue weighted by Gasteiger charge is 2.09. The summed E-state index contributed by atoms with van der Waals surface area (Å²) in [5.74, 6) is -0.0576. The normalized spacial score (nSPS) is 9.93. The number of amides is 1. The van der Waals surface area contributed by atoms with Crippen molar-refractivity contribution in [2.45, 2.75) is 0 Å². The summed E-state index contributed by atoms with van der Waals surface area (Å²) in [6.45, 7) is 0. The Morgan fingerprint density at radius 1 is 1.33 bits per heavy atom. The van der Waals surface area contributed by atoms with Gasteiger partial charge in [-0.15, -0.1) is 15.3 Å². The Labute approximate surface area is 93.5 Å². The van der Waals surface area contributed by atoms with E-state index >= 15 is 0 Å². The molecule has 6 nitrogen and oxygen atoms in total. The van der Waals surface area contributed by atoms with Gasteiger partial charge in [-0.05, 0) is 23.7 Å². The summed E-state index contributed by atoms with van der Waals surface area (Å²) in [5.41, 5.74) is 0.247. The first-order chi connectivity index (χ1) is 7.25. The number of aromatic nitrogens is 4. The molecule has 0 aliphatic rings. The van der Waals surface area contributed by atoms with E-state index in [0.29, 0.717) is 5.82 Å². The lowest BCUT2D eigenvalue weighted by Gasteiger charge is -1.99. The molecule has 0 atom stereocenters. The van der Waals surface area contributed by atoms with Crippen LogP contribution in [0.25, 0.3) is 0 Å². The monoisotopic (exact) mass is 241 g/mol. The molecule has 1 amide bonds. The van der Waals surface area contributed by atoms with Crippen LogP contribution >= 0.6 is 23.1 Å². The first-order valence-electron chi connectivity index (χ1n) is 3.83. The van der Waals surface area contributed by atoms with Crippen LogP contribution in [0.4, 0.5) is 5.82 Å². The van der Waals surface area contributed by atoms with Crippen LogP contribution in [0.1, 0.15) is 10.5 Å². The molecule has 2 aromatic heterocycles. The standard InChI is InChI=1S/C7H4ClN5OS/c8-5-1-2-6(12-11-5)9-7(14)4-3-15-13-10-4/h1-3H,(H,9,12,14). The summed E-state index contributed by atoms with van der Waals surface area (Å²) in [6, 6.07) is 3.08. The molecule has 0 saturated heterocycles. The molecular formula is C7H4ClN5OS. The molecule has 0 saturated carbocycles. The van der Waals surface area contributed by atoms with Crippen molar-refractivity contribution in [1.82, 2.24) is 19.8 Å². The highest BCUT2D eigenvalue weighted by Crippen LogP contribution is 2.07. The minimum absolute atomic E-state index is 0.247. The zero-order valence-electron chi connectivity index (χ0n) is 7.22. The second-order valence-electron chi connectivity index (χ2n) is 2.49. The predicted octanol–water partition coefficient (Wildman–Crippen LogP) is 1.23. The van der Waals surface area contributed by atoms with Crippen LogP contribution < -0.4 is 5.32 Å². The number of nitrogens with zero attached hydrogens (tertiary/aromatic N) is 4. The third-order valence-corrected chi connectivity index (χ3v) is 2.17. The molecule has 76 valence electrons. The van der Waals surface area contributed by atoms with E-state index in [1.54, 1.807) is 11.4 Å². The fourth-order valence-corrected chi connectivity index (χ4v) is 1.36. The molecular weight excluding hydrogens is 238 g/mol. The maximum absolute atomic E-state index is 11.5. The summed E-state index contributed by atoms with van der Waals surface area (Å²) < 4.78 is 3.57. The molecule has 2 aromatic rings. The summed E-state index contributed by atoms with van der Waals surface area (Å²) in [6.07, 6.45) is 0. The number of halogens is 1. The molecule has 8 heteroatoms. The van der Waals surface area contributed by atoms with E-state index in [1.807, 2.05) is 0 Å². The fraction of sp³-hybridized carbons (Fsp3) is 0. The van der Waals surface area contributed by atoms with Gasteiger partial charge < -0.3 is 5.32 Å². The van der Waals surface area contributed by atoms with Gasteiger partial charge in [-0.3, -0.25) is 4.79 Å². The quantitative estimate of drug-likeness (QED) is 0.855. The average molecular weight is 242 g/mol. The van der Waals surface area contributed by atoms with Gasteiger partial charge >= 0.3 is 0 Å². The minimum atomic E-state index is -0.375.